The SMILES string of the molecule is CC1CCC(NC(=O)NCCCOCCO)CC1. The number of urea groups is 1. The second-order valence-electron chi connectivity index (χ2n) is 5.05. The molecule has 5 nitrogen and oxygen atoms in total. The Kier molecular flexibility index (Phi) is 7.76. The molecular weight excluding hydrogens is 232 g/mol. The van der Waals surface area contributed by atoms with E-state index in [0.717, 1.165) is 25.2 Å². The first-order chi connectivity index (χ1) is 8.72. The molecule has 0 heterocycles. The summed E-state index contributed by atoms with van der Waals surface area (Å²) in [5.74, 6) is 0.801. The molecule has 2 amide bonds. The van der Waals surface area contributed by atoms with Crippen LogP contribution in [0.5, 0.6) is 0 Å². The van der Waals surface area contributed by atoms with E-state index < -0.39 is 0 Å². The highest BCUT2D eigenvalue weighted by Crippen LogP contribution is 2.23. The van der Waals surface area contributed by atoms with Crippen LogP contribution in [0.15, 0.2) is 0 Å². The Morgan fingerprint density at radius 1 is 1.28 bits per heavy atom. The van der Waals surface area contributed by atoms with Crippen LogP contribution in [-0.2, 0) is 4.74 Å². The molecule has 0 spiro atoms. The van der Waals surface area contributed by atoms with Crippen LogP contribution < -0.4 is 10.6 Å². The summed E-state index contributed by atoms with van der Waals surface area (Å²) in [6.07, 6.45) is 5.37. The van der Waals surface area contributed by atoms with Gasteiger partial charge in [-0.2, -0.15) is 0 Å². The summed E-state index contributed by atoms with van der Waals surface area (Å²) in [5, 5.41) is 14.3. The minimum atomic E-state index is -0.0725. The molecular formula is C13H26N2O3. The van der Waals surface area contributed by atoms with Crippen LogP contribution in [0.4, 0.5) is 4.79 Å². The summed E-state index contributed by atoms with van der Waals surface area (Å²) in [6, 6.07) is 0.267. The number of hydrogen-bond donors (Lipinski definition) is 3. The van der Waals surface area contributed by atoms with E-state index in [1.54, 1.807) is 0 Å². The molecule has 1 rings (SSSR count). The summed E-state index contributed by atoms with van der Waals surface area (Å²) in [6.45, 7) is 3.87. The molecule has 0 atom stereocenters. The van der Waals surface area contributed by atoms with Crippen molar-refractivity contribution in [3.63, 3.8) is 0 Å². The van der Waals surface area contributed by atoms with Crippen LogP contribution in [-0.4, -0.2) is 43.5 Å². The van der Waals surface area contributed by atoms with Crippen molar-refractivity contribution in [3.8, 4) is 0 Å². The maximum absolute atomic E-state index is 11.6. The number of ether oxygens (including phenoxy) is 1. The number of aliphatic hydroxyl groups excluding tert-OH is 1. The molecule has 0 aromatic rings. The van der Waals surface area contributed by atoms with E-state index in [9.17, 15) is 4.79 Å². The first-order valence-corrected chi connectivity index (χ1v) is 6.95. The Morgan fingerprint density at radius 2 is 2.00 bits per heavy atom. The normalized spacial score (nSPS) is 23.7. The first kappa shape index (κ1) is 15.2. The van der Waals surface area contributed by atoms with Gasteiger partial charge in [0.05, 0.1) is 13.2 Å². The molecule has 1 saturated carbocycles. The van der Waals surface area contributed by atoms with Gasteiger partial charge in [0.1, 0.15) is 0 Å². The fourth-order valence-electron chi connectivity index (χ4n) is 2.18. The molecule has 0 radical (unpaired) electrons. The van der Waals surface area contributed by atoms with Crippen LogP contribution in [0, 0.1) is 5.92 Å². The van der Waals surface area contributed by atoms with Crippen molar-refractivity contribution in [2.45, 2.75) is 45.1 Å². The van der Waals surface area contributed by atoms with Gasteiger partial charge in [-0.05, 0) is 38.0 Å². The Hall–Kier alpha value is -0.810. The number of aliphatic hydroxyl groups is 1. The Morgan fingerprint density at radius 3 is 2.67 bits per heavy atom. The average Bonchev–Trinajstić information content (AvgIpc) is 2.36. The molecule has 106 valence electrons. The topological polar surface area (TPSA) is 70.6 Å². The lowest BCUT2D eigenvalue weighted by Crippen LogP contribution is -2.43. The third-order valence-corrected chi connectivity index (χ3v) is 3.34. The van der Waals surface area contributed by atoms with Gasteiger partial charge in [-0.25, -0.2) is 4.79 Å². The maximum atomic E-state index is 11.6. The van der Waals surface area contributed by atoms with Crippen molar-refractivity contribution in [2.24, 2.45) is 5.92 Å². The molecule has 0 aromatic heterocycles. The van der Waals surface area contributed by atoms with Gasteiger partial charge in [-0.1, -0.05) is 6.92 Å². The van der Waals surface area contributed by atoms with Gasteiger partial charge >= 0.3 is 6.03 Å². The number of carbonyl (C=O) groups is 1. The molecule has 1 aliphatic carbocycles. The zero-order valence-corrected chi connectivity index (χ0v) is 11.3. The van der Waals surface area contributed by atoms with Crippen molar-refractivity contribution in [1.29, 1.82) is 0 Å². The lowest BCUT2D eigenvalue weighted by molar-refractivity contribution is 0.0909. The van der Waals surface area contributed by atoms with Crippen molar-refractivity contribution in [1.82, 2.24) is 10.6 Å². The molecule has 18 heavy (non-hydrogen) atoms. The lowest BCUT2D eigenvalue weighted by atomic mass is 9.87. The van der Waals surface area contributed by atoms with Gasteiger partial charge in [0.15, 0.2) is 0 Å². The molecule has 1 fully saturated rings. The largest absolute Gasteiger partial charge is 0.394 e. The molecule has 0 aromatic carbocycles. The first-order valence-electron chi connectivity index (χ1n) is 6.95. The Labute approximate surface area is 109 Å². The average molecular weight is 258 g/mol. The summed E-state index contributed by atoms with van der Waals surface area (Å²) < 4.78 is 5.10. The van der Waals surface area contributed by atoms with E-state index in [-0.39, 0.29) is 12.6 Å². The Bertz CT molecular complexity index is 228. The lowest BCUT2D eigenvalue weighted by Gasteiger charge is -2.26. The van der Waals surface area contributed by atoms with Crippen LogP contribution in [0.25, 0.3) is 0 Å². The second-order valence-corrected chi connectivity index (χ2v) is 5.05. The third kappa shape index (κ3) is 6.81. The molecule has 0 bridgehead atoms. The van der Waals surface area contributed by atoms with Crippen molar-refractivity contribution in [3.05, 3.63) is 0 Å². The van der Waals surface area contributed by atoms with Gasteiger partial charge in [-0.3, -0.25) is 0 Å². The predicted octanol–water partition coefficient (Wildman–Crippen LogP) is 1.26. The zero-order chi connectivity index (χ0) is 13.2. The number of hydrogen-bond acceptors (Lipinski definition) is 3. The summed E-state index contributed by atoms with van der Waals surface area (Å²) >= 11 is 0. The van der Waals surface area contributed by atoms with Gasteiger partial charge in [-0.15, -0.1) is 0 Å². The van der Waals surface area contributed by atoms with E-state index in [2.05, 4.69) is 17.6 Å². The van der Waals surface area contributed by atoms with Crippen molar-refractivity contribution < 1.29 is 14.6 Å². The molecule has 3 N–H and O–H groups in total. The van der Waals surface area contributed by atoms with Gasteiger partial charge < -0.3 is 20.5 Å². The quantitative estimate of drug-likeness (QED) is 0.602. The van der Waals surface area contributed by atoms with Crippen LogP contribution >= 0.6 is 0 Å². The second kappa shape index (κ2) is 9.16. The third-order valence-electron chi connectivity index (χ3n) is 3.34. The summed E-state index contributed by atoms with van der Waals surface area (Å²) in [5.41, 5.74) is 0. The van der Waals surface area contributed by atoms with Gasteiger partial charge in [0.25, 0.3) is 0 Å². The highest BCUT2D eigenvalue weighted by atomic mass is 16.5. The standard InChI is InChI=1S/C13H26N2O3/c1-11-3-5-12(6-4-11)15-13(17)14-7-2-9-18-10-8-16/h11-12,16H,2-10H2,1H3,(H2,14,15,17). The number of carbonyl (C=O) groups excluding carboxylic acids is 1. The monoisotopic (exact) mass is 258 g/mol. The van der Waals surface area contributed by atoms with Crippen LogP contribution in [0.3, 0.4) is 0 Å². The fraction of sp³-hybridized carbons (Fsp3) is 0.923. The zero-order valence-electron chi connectivity index (χ0n) is 11.3. The molecule has 0 aliphatic heterocycles. The van der Waals surface area contributed by atoms with E-state index in [1.807, 2.05) is 0 Å². The molecule has 0 saturated heterocycles. The van der Waals surface area contributed by atoms with E-state index >= 15 is 0 Å². The maximum Gasteiger partial charge on any atom is 0.315 e. The van der Waals surface area contributed by atoms with Gasteiger partial charge in [0, 0.05) is 19.2 Å². The van der Waals surface area contributed by atoms with Crippen LogP contribution in [0.1, 0.15) is 39.0 Å². The minimum Gasteiger partial charge on any atom is -0.394 e. The van der Waals surface area contributed by atoms with Crippen LogP contribution in [0.2, 0.25) is 0 Å². The predicted molar refractivity (Wildman–Crippen MR) is 70.5 cm³/mol. The molecule has 5 heteroatoms. The van der Waals surface area contributed by atoms with E-state index in [0.29, 0.717) is 25.8 Å². The smallest absolute Gasteiger partial charge is 0.315 e. The molecule has 1 aliphatic rings. The minimum absolute atomic E-state index is 0.0496. The van der Waals surface area contributed by atoms with Crippen molar-refractivity contribution >= 4 is 6.03 Å². The molecule has 0 unspecified atom stereocenters. The van der Waals surface area contributed by atoms with Gasteiger partial charge in [0.2, 0.25) is 0 Å². The highest BCUT2D eigenvalue weighted by Gasteiger charge is 2.19. The van der Waals surface area contributed by atoms with Crippen molar-refractivity contribution in [2.75, 3.05) is 26.4 Å². The number of amides is 2. The van der Waals surface area contributed by atoms with E-state index in [4.69, 9.17) is 9.84 Å². The summed E-state index contributed by atoms with van der Waals surface area (Å²) in [7, 11) is 0. The van der Waals surface area contributed by atoms with E-state index in [1.165, 1.54) is 12.8 Å². The summed E-state index contributed by atoms with van der Waals surface area (Å²) in [4.78, 5) is 11.6. The highest BCUT2D eigenvalue weighted by molar-refractivity contribution is 5.74. The fourth-order valence-corrected chi connectivity index (χ4v) is 2.18. The number of nitrogens with one attached hydrogen (secondary N) is 2. The Balaban J connectivity index is 1.97. The number of rotatable bonds is 7.